The molecular formula is C7H14N2O. The number of carbonyl (C=O) groups is 1. The Morgan fingerprint density at radius 2 is 2.50 bits per heavy atom. The van der Waals surface area contributed by atoms with E-state index < -0.39 is 0 Å². The van der Waals surface area contributed by atoms with Gasteiger partial charge in [-0.1, -0.05) is 0 Å². The van der Waals surface area contributed by atoms with E-state index in [1.807, 2.05) is 11.8 Å². The zero-order valence-corrected chi connectivity index (χ0v) is 6.34. The summed E-state index contributed by atoms with van der Waals surface area (Å²) in [5.74, 6) is 0.261. The van der Waals surface area contributed by atoms with E-state index in [1.54, 1.807) is 0 Å². The lowest BCUT2D eigenvalue weighted by molar-refractivity contribution is -0.127. The standard InChI is InChI=1S/C7H14N2O/c1-6(8)5-9-4-2-3-7(9)10/h6H,2-5,8H2,1H3/t6-/m0/s1. The molecular weight excluding hydrogens is 128 g/mol. The molecule has 1 heterocycles. The minimum absolute atomic E-state index is 0.113. The Morgan fingerprint density at radius 1 is 1.80 bits per heavy atom. The smallest absolute Gasteiger partial charge is 0.222 e. The van der Waals surface area contributed by atoms with Crippen LogP contribution in [0.1, 0.15) is 19.8 Å². The Hall–Kier alpha value is -0.570. The lowest BCUT2D eigenvalue weighted by Gasteiger charge is -2.17. The van der Waals surface area contributed by atoms with Crippen molar-refractivity contribution in [2.45, 2.75) is 25.8 Å². The van der Waals surface area contributed by atoms with E-state index in [0.29, 0.717) is 6.42 Å². The molecule has 0 aromatic rings. The van der Waals surface area contributed by atoms with E-state index in [0.717, 1.165) is 19.5 Å². The van der Waals surface area contributed by atoms with Gasteiger partial charge in [-0.3, -0.25) is 4.79 Å². The molecule has 3 heteroatoms. The lowest BCUT2D eigenvalue weighted by atomic mass is 10.3. The number of hydrogen-bond acceptors (Lipinski definition) is 2. The zero-order chi connectivity index (χ0) is 7.56. The predicted molar refractivity (Wildman–Crippen MR) is 39.5 cm³/mol. The average Bonchev–Trinajstić information content (AvgIpc) is 2.15. The van der Waals surface area contributed by atoms with E-state index >= 15 is 0 Å². The normalized spacial score (nSPS) is 21.8. The van der Waals surface area contributed by atoms with Gasteiger partial charge in [-0.25, -0.2) is 0 Å². The van der Waals surface area contributed by atoms with Gasteiger partial charge in [0.25, 0.3) is 0 Å². The van der Waals surface area contributed by atoms with E-state index in [4.69, 9.17) is 5.73 Å². The topological polar surface area (TPSA) is 46.3 Å². The van der Waals surface area contributed by atoms with E-state index in [-0.39, 0.29) is 11.9 Å². The quantitative estimate of drug-likeness (QED) is 0.588. The minimum atomic E-state index is 0.113. The number of nitrogens with zero attached hydrogens (tertiary/aromatic N) is 1. The maximum Gasteiger partial charge on any atom is 0.222 e. The third-order valence-electron chi connectivity index (χ3n) is 1.68. The molecule has 3 nitrogen and oxygen atoms in total. The van der Waals surface area contributed by atoms with Crippen molar-refractivity contribution >= 4 is 5.91 Å². The number of amides is 1. The molecule has 0 bridgehead atoms. The molecule has 10 heavy (non-hydrogen) atoms. The predicted octanol–water partition coefficient (Wildman–Crippen LogP) is -0.0440. The minimum Gasteiger partial charge on any atom is -0.341 e. The lowest BCUT2D eigenvalue weighted by Crippen LogP contribution is -2.36. The fraction of sp³-hybridized carbons (Fsp3) is 0.857. The van der Waals surface area contributed by atoms with E-state index in [1.165, 1.54) is 0 Å². The SMILES string of the molecule is C[C@H](N)CN1CCCC1=O. The number of rotatable bonds is 2. The van der Waals surface area contributed by atoms with Crippen LogP contribution in [0, 0.1) is 0 Å². The molecule has 0 radical (unpaired) electrons. The van der Waals surface area contributed by atoms with Crippen molar-refractivity contribution in [2.24, 2.45) is 5.73 Å². The van der Waals surface area contributed by atoms with Gasteiger partial charge < -0.3 is 10.6 Å². The highest BCUT2D eigenvalue weighted by molar-refractivity contribution is 5.78. The van der Waals surface area contributed by atoms with Crippen molar-refractivity contribution in [2.75, 3.05) is 13.1 Å². The van der Waals surface area contributed by atoms with Crippen molar-refractivity contribution in [3.63, 3.8) is 0 Å². The number of carbonyl (C=O) groups excluding carboxylic acids is 1. The van der Waals surface area contributed by atoms with Crippen LogP contribution >= 0.6 is 0 Å². The molecule has 0 spiro atoms. The van der Waals surface area contributed by atoms with Crippen LogP contribution in [-0.2, 0) is 4.79 Å². The molecule has 0 unspecified atom stereocenters. The zero-order valence-electron chi connectivity index (χ0n) is 6.34. The first-order valence-electron chi connectivity index (χ1n) is 3.73. The fourth-order valence-electron chi connectivity index (χ4n) is 1.24. The van der Waals surface area contributed by atoms with Gasteiger partial charge in [-0.15, -0.1) is 0 Å². The Morgan fingerprint density at radius 3 is 2.90 bits per heavy atom. The van der Waals surface area contributed by atoms with Gasteiger partial charge in [0.15, 0.2) is 0 Å². The van der Waals surface area contributed by atoms with Crippen LogP contribution in [0.15, 0.2) is 0 Å². The summed E-state index contributed by atoms with van der Waals surface area (Å²) in [6, 6.07) is 0.113. The summed E-state index contributed by atoms with van der Waals surface area (Å²) in [6.07, 6.45) is 1.72. The molecule has 1 rings (SSSR count). The Kier molecular flexibility index (Phi) is 2.27. The summed E-state index contributed by atoms with van der Waals surface area (Å²) in [5, 5.41) is 0. The summed E-state index contributed by atoms with van der Waals surface area (Å²) in [7, 11) is 0. The molecule has 1 amide bonds. The first-order valence-corrected chi connectivity index (χ1v) is 3.73. The van der Waals surface area contributed by atoms with Gasteiger partial charge in [-0.05, 0) is 13.3 Å². The van der Waals surface area contributed by atoms with Crippen molar-refractivity contribution in [1.29, 1.82) is 0 Å². The third-order valence-corrected chi connectivity index (χ3v) is 1.68. The molecule has 1 aliphatic rings. The van der Waals surface area contributed by atoms with Crippen molar-refractivity contribution < 1.29 is 4.79 Å². The maximum absolute atomic E-state index is 11.0. The monoisotopic (exact) mass is 142 g/mol. The maximum atomic E-state index is 11.0. The molecule has 0 aromatic heterocycles. The molecule has 0 saturated carbocycles. The van der Waals surface area contributed by atoms with Gasteiger partial charge >= 0.3 is 0 Å². The molecule has 1 atom stereocenters. The highest BCUT2D eigenvalue weighted by Gasteiger charge is 2.20. The summed E-state index contributed by atoms with van der Waals surface area (Å²) in [5.41, 5.74) is 5.54. The second kappa shape index (κ2) is 3.01. The largest absolute Gasteiger partial charge is 0.341 e. The molecule has 0 aliphatic carbocycles. The van der Waals surface area contributed by atoms with Crippen LogP contribution < -0.4 is 5.73 Å². The first-order chi connectivity index (χ1) is 4.70. The molecule has 2 N–H and O–H groups in total. The van der Waals surface area contributed by atoms with Crippen LogP contribution in [0.3, 0.4) is 0 Å². The molecule has 1 saturated heterocycles. The van der Waals surface area contributed by atoms with Gasteiger partial charge in [0.05, 0.1) is 0 Å². The first kappa shape index (κ1) is 7.54. The Bertz CT molecular complexity index is 134. The number of nitrogens with two attached hydrogens (primary N) is 1. The van der Waals surface area contributed by atoms with Crippen LogP contribution in [0.25, 0.3) is 0 Å². The molecule has 1 fully saturated rings. The fourth-order valence-corrected chi connectivity index (χ4v) is 1.24. The van der Waals surface area contributed by atoms with Crippen molar-refractivity contribution in [3.05, 3.63) is 0 Å². The third kappa shape index (κ3) is 1.70. The van der Waals surface area contributed by atoms with Crippen LogP contribution in [0.2, 0.25) is 0 Å². The second-order valence-electron chi connectivity index (χ2n) is 2.92. The summed E-state index contributed by atoms with van der Waals surface area (Å²) in [6.45, 7) is 3.55. The summed E-state index contributed by atoms with van der Waals surface area (Å²) in [4.78, 5) is 12.8. The molecule has 1 aliphatic heterocycles. The second-order valence-corrected chi connectivity index (χ2v) is 2.92. The van der Waals surface area contributed by atoms with E-state index in [2.05, 4.69) is 0 Å². The number of hydrogen-bond donors (Lipinski definition) is 1. The Labute approximate surface area is 61.2 Å². The Balaban J connectivity index is 2.33. The van der Waals surface area contributed by atoms with Gasteiger partial charge in [-0.2, -0.15) is 0 Å². The molecule has 58 valence electrons. The van der Waals surface area contributed by atoms with Gasteiger partial charge in [0.1, 0.15) is 0 Å². The van der Waals surface area contributed by atoms with Gasteiger partial charge in [0, 0.05) is 25.6 Å². The summed E-state index contributed by atoms with van der Waals surface area (Å²) < 4.78 is 0. The number of likely N-dealkylation sites (tertiary alicyclic amines) is 1. The van der Waals surface area contributed by atoms with Crippen molar-refractivity contribution in [1.82, 2.24) is 4.90 Å². The average molecular weight is 142 g/mol. The summed E-state index contributed by atoms with van der Waals surface area (Å²) >= 11 is 0. The van der Waals surface area contributed by atoms with E-state index in [9.17, 15) is 4.79 Å². The van der Waals surface area contributed by atoms with Crippen LogP contribution in [0.5, 0.6) is 0 Å². The van der Waals surface area contributed by atoms with Gasteiger partial charge in [0.2, 0.25) is 5.91 Å². The van der Waals surface area contributed by atoms with Crippen LogP contribution in [0.4, 0.5) is 0 Å². The molecule has 0 aromatic carbocycles. The van der Waals surface area contributed by atoms with Crippen molar-refractivity contribution in [3.8, 4) is 0 Å². The highest BCUT2D eigenvalue weighted by Crippen LogP contribution is 2.08. The highest BCUT2D eigenvalue weighted by atomic mass is 16.2. The van der Waals surface area contributed by atoms with Crippen LogP contribution in [-0.4, -0.2) is 29.9 Å².